The zero-order valence-electron chi connectivity index (χ0n) is 10.7. The second kappa shape index (κ2) is 6.09. The molecular weight excluding hydrogens is 244 g/mol. The van der Waals surface area contributed by atoms with Crippen LogP contribution >= 0.6 is 11.8 Å². The molecule has 1 aliphatic carbocycles. The molecule has 1 aromatic carbocycles. The lowest BCUT2D eigenvalue weighted by atomic mass is 10.1. The SMILES string of the molecule is c1cc2c(cc1SCCC1OCCCO1)CCC2. The highest BCUT2D eigenvalue weighted by Crippen LogP contribution is 2.28. The van der Waals surface area contributed by atoms with Crippen molar-refractivity contribution >= 4 is 11.8 Å². The van der Waals surface area contributed by atoms with Gasteiger partial charge in [0.25, 0.3) is 0 Å². The maximum absolute atomic E-state index is 5.55. The second-order valence-corrected chi connectivity index (χ2v) is 6.11. The number of hydrogen-bond donors (Lipinski definition) is 0. The number of thioether (sulfide) groups is 1. The monoisotopic (exact) mass is 264 g/mol. The van der Waals surface area contributed by atoms with E-state index in [0.29, 0.717) is 0 Å². The summed E-state index contributed by atoms with van der Waals surface area (Å²) in [5, 5.41) is 0. The molecule has 0 saturated carbocycles. The van der Waals surface area contributed by atoms with E-state index >= 15 is 0 Å². The standard InChI is InChI=1S/C15H20O2S/c1-3-12-5-6-14(11-13(12)4-1)18-10-7-15-16-8-2-9-17-15/h5-6,11,15H,1-4,7-10H2. The highest BCUT2D eigenvalue weighted by atomic mass is 32.2. The summed E-state index contributed by atoms with van der Waals surface area (Å²) in [6, 6.07) is 6.94. The van der Waals surface area contributed by atoms with Crippen LogP contribution in [0.2, 0.25) is 0 Å². The number of ether oxygens (including phenoxy) is 2. The van der Waals surface area contributed by atoms with Gasteiger partial charge in [-0.05, 0) is 48.9 Å². The van der Waals surface area contributed by atoms with Gasteiger partial charge < -0.3 is 9.47 Å². The molecule has 1 saturated heterocycles. The molecule has 0 bridgehead atoms. The van der Waals surface area contributed by atoms with Crippen LogP contribution in [0.5, 0.6) is 0 Å². The van der Waals surface area contributed by atoms with Gasteiger partial charge in [-0.15, -0.1) is 11.8 Å². The van der Waals surface area contributed by atoms with E-state index in [2.05, 4.69) is 18.2 Å². The maximum Gasteiger partial charge on any atom is 0.158 e. The first-order chi connectivity index (χ1) is 8.92. The summed E-state index contributed by atoms with van der Waals surface area (Å²) < 4.78 is 11.1. The summed E-state index contributed by atoms with van der Waals surface area (Å²) >= 11 is 1.92. The van der Waals surface area contributed by atoms with Crippen molar-refractivity contribution in [1.82, 2.24) is 0 Å². The Kier molecular flexibility index (Phi) is 4.24. The number of fused-ring (bicyclic) bond motifs is 1. The van der Waals surface area contributed by atoms with Crippen LogP contribution in [0.25, 0.3) is 0 Å². The van der Waals surface area contributed by atoms with Crippen LogP contribution in [0.4, 0.5) is 0 Å². The molecule has 3 rings (SSSR count). The predicted molar refractivity (Wildman–Crippen MR) is 74.1 cm³/mol. The average Bonchev–Trinajstić information content (AvgIpc) is 2.87. The van der Waals surface area contributed by atoms with Crippen molar-refractivity contribution in [2.75, 3.05) is 19.0 Å². The molecule has 1 aliphatic heterocycles. The van der Waals surface area contributed by atoms with Gasteiger partial charge in [0.05, 0.1) is 13.2 Å². The molecule has 18 heavy (non-hydrogen) atoms. The van der Waals surface area contributed by atoms with Crippen molar-refractivity contribution in [2.24, 2.45) is 0 Å². The van der Waals surface area contributed by atoms with E-state index in [4.69, 9.17) is 9.47 Å². The van der Waals surface area contributed by atoms with Crippen LogP contribution < -0.4 is 0 Å². The van der Waals surface area contributed by atoms with Crippen LogP contribution in [0.1, 0.15) is 30.4 Å². The molecule has 0 aromatic heterocycles. The highest BCUT2D eigenvalue weighted by molar-refractivity contribution is 7.99. The van der Waals surface area contributed by atoms with E-state index in [-0.39, 0.29) is 6.29 Å². The molecule has 0 N–H and O–H groups in total. The van der Waals surface area contributed by atoms with Crippen LogP contribution in [0, 0.1) is 0 Å². The minimum atomic E-state index is 0.0284. The molecule has 98 valence electrons. The largest absolute Gasteiger partial charge is 0.353 e. The van der Waals surface area contributed by atoms with Gasteiger partial charge in [-0.2, -0.15) is 0 Å². The lowest BCUT2D eigenvalue weighted by molar-refractivity contribution is -0.178. The third-order valence-corrected chi connectivity index (χ3v) is 4.62. The van der Waals surface area contributed by atoms with Gasteiger partial charge >= 0.3 is 0 Å². The minimum absolute atomic E-state index is 0.0284. The molecule has 2 aliphatic rings. The van der Waals surface area contributed by atoms with Gasteiger partial charge in [-0.1, -0.05) is 6.07 Å². The van der Waals surface area contributed by atoms with E-state index in [1.165, 1.54) is 24.2 Å². The number of aryl methyl sites for hydroxylation is 2. The molecule has 0 amide bonds. The summed E-state index contributed by atoms with van der Waals surface area (Å²) in [4.78, 5) is 1.39. The fourth-order valence-electron chi connectivity index (χ4n) is 2.61. The Hall–Kier alpha value is -0.510. The summed E-state index contributed by atoms with van der Waals surface area (Å²) in [5.41, 5.74) is 3.11. The Labute approximate surface area is 113 Å². The molecule has 1 heterocycles. The molecule has 0 radical (unpaired) electrons. The Balaban J connectivity index is 1.48. The summed E-state index contributed by atoms with van der Waals surface area (Å²) in [7, 11) is 0. The number of benzene rings is 1. The van der Waals surface area contributed by atoms with Crippen molar-refractivity contribution < 1.29 is 9.47 Å². The minimum Gasteiger partial charge on any atom is -0.353 e. The topological polar surface area (TPSA) is 18.5 Å². The lowest BCUT2D eigenvalue weighted by Crippen LogP contribution is -2.25. The second-order valence-electron chi connectivity index (χ2n) is 4.95. The summed E-state index contributed by atoms with van der Waals surface area (Å²) in [6.07, 6.45) is 5.91. The van der Waals surface area contributed by atoms with Gasteiger partial charge in [0.2, 0.25) is 0 Å². The number of hydrogen-bond acceptors (Lipinski definition) is 3. The first-order valence-corrected chi connectivity index (χ1v) is 7.88. The summed E-state index contributed by atoms with van der Waals surface area (Å²) in [5.74, 6) is 1.07. The Morgan fingerprint density at radius 2 is 1.89 bits per heavy atom. The molecule has 0 atom stereocenters. The first kappa shape index (κ1) is 12.5. The normalized spacial score (nSPS) is 20.0. The van der Waals surface area contributed by atoms with Gasteiger partial charge in [0, 0.05) is 17.1 Å². The van der Waals surface area contributed by atoms with Crippen molar-refractivity contribution in [3.8, 4) is 0 Å². The molecule has 2 nitrogen and oxygen atoms in total. The third kappa shape index (κ3) is 3.08. The van der Waals surface area contributed by atoms with Crippen LogP contribution in [-0.2, 0) is 22.3 Å². The Morgan fingerprint density at radius 3 is 2.78 bits per heavy atom. The third-order valence-electron chi connectivity index (χ3n) is 3.59. The van der Waals surface area contributed by atoms with Crippen molar-refractivity contribution in [3.63, 3.8) is 0 Å². The fraction of sp³-hybridized carbons (Fsp3) is 0.600. The number of rotatable bonds is 4. The van der Waals surface area contributed by atoms with Gasteiger partial charge in [-0.25, -0.2) is 0 Å². The van der Waals surface area contributed by atoms with E-state index in [1.54, 1.807) is 11.1 Å². The predicted octanol–water partition coefficient (Wildman–Crippen LogP) is 3.42. The van der Waals surface area contributed by atoms with E-state index in [9.17, 15) is 0 Å². The van der Waals surface area contributed by atoms with Crippen molar-refractivity contribution in [1.29, 1.82) is 0 Å². The molecule has 1 aromatic rings. The zero-order chi connectivity index (χ0) is 12.2. The zero-order valence-corrected chi connectivity index (χ0v) is 11.5. The molecule has 0 unspecified atom stereocenters. The quantitative estimate of drug-likeness (QED) is 0.776. The molecular formula is C15H20O2S. The fourth-order valence-corrected chi connectivity index (χ4v) is 3.55. The summed E-state index contributed by atoms with van der Waals surface area (Å²) in [6.45, 7) is 1.71. The van der Waals surface area contributed by atoms with Gasteiger partial charge in [0.15, 0.2) is 6.29 Å². The average molecular weight is 264 g/mol. The van der Waals surface area contributed by atoms with E-state index in [0.717, 1.165) is 31.8 Å². The van der Waals surface area contributed by atoms with E-state index in [1.807, 2.05) is 11.8 Å². The first-order valence-electron chi connectivity index (χ1n) is 6.89. The highest BCUT2D eigenvalue weighted by Gasteiger charge is 2.14. The smallest absolute Gasteiger partial charge is 0.158 e. The Bertz CT molecular complexity index is 399. The maximum atomic E-state index is 5.55. The van der Waals surface area contributed by atoms with Crippen LogP contribution in [-0.4, -0.2) is 25.3 Å². The van der Waals surface area contributed by atoms with Crippen LogP contribution in [0.3, 0.4) is 0 Å². The van der Waals surface area contributed by atoms with Crippen molar-refractivity contribution in [3.05, 3.63) is 29.3 Å². The Morgan fingerprint density at radius 1 is 1.06 bits per heavy atom. The van der Waals surface area contributed by atoms with Gasteiger partial charge in [0.1, 0.15) is 0 Å². The lowest BCUT2D eigenvalue weighted by Gasteiger charge is -2.22. The van der Waals surface area contributed by atoms with Gasteiger partial charge in [-0.3, -0.25) is 0 Å². The van der Waals surface area contributed by atoms with Crippen molar-refractivity contribution in [2.45, 2.75) is 43.3 Å². The molecule has 0 spiro atoms. The van der Waals surface area contributed by atoms with E-state index < -0.39 is 0 Å². The molecule has 1 fully saturated rings. The van der Waals surface area contributed by atoms with Crippen LogP contribution in [0.15, 0.2) is 23.1 Å². The molecule has 3 heteroatoms.